The van der Waals surface area contributed by atoms with Crippen molar-refractivity contribution < 1.29 is 9.59 Å². The number of pyridine rings is 1. The summed E-state index contributed by atoms with van der Waals surface area (Å²) in [4.78, 5) is 34.7. The molecule has 1 aromatic carbocycles. The minimum Gasteiger partial charge on any atom is -0.336 e. The van der Waals surface area contributed by atoms with Crippen LogP contribution < -0.4 is 5.32 Å². The molecule has 0 radical (unpaired) electrons. The average molecular weight is 461 g/mol. The number of aromatic nitrogens is 1. The first kappa shape index (κ1) is 23.0. The van der Waals surface area contributed by atoms with E-state index in [2.05, 4.69) is 10.2 Å². The molecule has 2 heterocycles. The first-order valence-electron chi connectivity index (χ1n) is 13.1. The number of anilines is 1. The van der Waals surface area contributed by atoms with Crippen LogP contribution in [0.1, 0.15) is 71.4 Å². The number of hydrogen-bond donors (Lipinski definition) is 1. The number of fused-ring (bicyclic) bond motifs is 2. The van der Waals surface area contributed by atoms with Gasteiger partial charge in [0.25, 0.3) is 5.91 Å². The summed E-state index contributed by atoms with van der Waals surface area (Å²) in [6.45, 7) is 4.33. The largest absolute Gasteiger partial charge is 0.336 e. The fraction of sp³-hybridized carbons (Fsp3) is 0.536. The first-order chi connectivity index (χ1) is 16.7. The van der Waals surface area contributed by atoms with Crippen molar-refractivity contribution in [3.63, 3.8) is 0 Å². The zero-order valence-electron chi connectivity index (χ0n) is 20.2. The quantitative estimate of drug-likeness (QED) is 0.634. The molecular formula is C28H36N4O2. The van der Waals surface area contributed by atoms with Gasteiger partial charge >= 0.3 is 0 Å². The van der Waals surface area contributed by atoms with E-state index in [-0.39, 0.29) is 11.8 Å². The number of benzene rings is 1. The van der Waals surface area contributed by atoms with Crippen molar-refractivity contribution in [3.05, 3.63) is 58.4 Å². The lowest BCUT2D eigenvalue weighted by atomic mass is 9.92. The fourth-order valence-electron chi connectivity index (χ4n) is 5.66. The van der Waals surface area contributed by atoms with Gasteiger partial charge in [0.15, 0.2) is 0 Å². The van der Waals surface area contributed by atoms with Gasteiger partial charge in [0, 0.05) is 49.6 Å². The van der Waals surface area contributed by atoms with Crippen LogP contribution in [0.15, 0.2) is 30.3 Å². The molecule has 6 nitrogen and oxygen atoms in total. The van der Waals surface area contributed by atoms with Crippen LogP contribution >= 0.6 is 0 Å². The maximum atomic E-state index is 12.8. The molecule has 3 aliphatic rings. The van der Waals surface area contributed by atoms with Gasteiger partial charge in [-0.25, -0.2) is 0 Å². The maximum absolute atomic E-state index is 12.8. The Morgan fingerprint density at radius 1 is 0.824 bits per heavy atom. The molecule has 0 unspecified atom stereocenters. The standard InChI is InChI=1S/C28H36N4O2/c33-26(30-27-22-11-4-5-13-24(22)29-25-14-8-12-23(25)27)15-6-7-16-31-17-19-32(20-18-31)28(34)21-9-2-1-3-10-21/h1-3,9-10H,4-8,11-20H2,(H,29,30,33). The lowest BCUT2D eigenvalue weighted by Gasteiger charge is -2.34. The van der Waals surface area contributed by atoms with Gasteiger partial charge in [0.05, 0.1) is 5.69 Å². The number of nitrogens with zero attached hydrogens (tertiary/aromatic N) is 3. The Kier molecular flexibility index (Phi) is 7.24. The van der Waals surface area contributed by atoms with Crippen molar-refractivity contribution in [2.45, 2.75) is 64.2 Å². The molecule has 1 fully saturated rings. The van der Waals surface area contributed by atoms with Crippen LogP contribution in [0.3, 0.4) is 0 Å². The third-order valence-electron chi connectivity index (χ3n) is 7.57. The molecule has 34 heavy (non-hydrogen) atoms. The number of nitrogens with one attached hydrogen (secondary N) is 1. The molecule has 180 valence electrons. The Labute approximate surface area is 202 Å². The Morgan fingerprint density at radius 3 is 2.26 bits per heavy atom. The van der Waals surface area contributed by atoms with Crippen LogP contribution in [0.5, 0.6) is 0 Å². The molecule has 0 bridgehead atoms. The summed E-state index contributed by atoms with van der Waals surface area (Å²) in [5.41, 5.74) is 6.94. The van der Waals surface area contributed by atoms with Gasteiger partial charge in [-0.2, -0.15) is 0 Å². The van der Waals surface area contributed by atoms with Gasteiger partial charge in [-0.05, 0) is 87.6 Å². The van der Waals surface area contributed by atoms with Crippen molar-refractivity contribution in [2.75, 3.05) is 38.0 Å². The summed E-state index contributed by atoms with van der Waals surface area (Å²) in [7, 11) is 0. The monoisotopic (exact) mass is 460 g/mol. The van der Waals surface area contributed by atoms with E-state index in [0.717, 1.165) is 88.9 Å². The number of unbranched alkanes of at least 4 members (excludes halogenated alkanes) is 1. The van der Waals surface area contributed by atoms with Crippen molar-refractivity contribution >= 4 is 17.5 Å². The molecular weight excluding hydrogens is 424 g/mol. The summed E-state index contributed by atoms with van der Waals surface area (Å²) < 4.78 is 0. The van der Waals surface area contributed by atoms with E-state index in [1.54, 1.807) is 0 Å². The number of rotatable bonds is 7. The lowest BCUT2D eigenvalue weighted by Crippen LogP contribution is -2.48. The molecule has 2 aliphatic carbocycles. The average Bonchev–Trinajstić information content (AvgIpc) is 3.35. The van der Waals surface area contributed by atoms with Crippen LogP contribution in [-0.2, 0) is 30.5 Å². The number of piperazine rings is 1. The molecule has 0 saturated carbocycles. The number of hydrogen-bond acceptors (Lipinski definition) is 4. The smallest absolute Gasteiger partial charge is 0.253 e. The third-order valence-corrected chi connectivity index (χ3v) is 7.57. The highest BCUT2D eigenvalue weighted by Crippen LogP contribution is 2.36. The summed E-state index contributed by atoms with van der Waals surface area (Å²) in [6, 6.07) is 9.53. The highest BCUT2D eigenvalue weighted by Gasteiger charge is 2.25. The van der Waals surface area contributed by atoms with Gasteiger partial charge in [-0.1, -0.05) is 18.2 Å². The molecule has 2 amide bonds. The number of carbonyl (C=O) groups is 2. The van der Waals surface area contributed by atoms with Gasteiger partial charge in [-0.15, -0.1) is 0 Å². The number of aryl methyl sites for hydroxylation is 2. The Hall–Kier alpha value is -2.73. The van der Waals surface area contributed by atoms with E-state index in [0.29, 0.717) is 6.42 Å². The summed E-state index contributed by atoms with van der Waals surface area (Å²) in [5, 5.41) is 3.31. The molecule has 0 spiro atoms. The predicted octanol–water partition coefficient (Wildman–Crippen LogP) is 4.02. The van der Waals surface area contributed by atoms with E-state index >= 15 is 0 Å². The van der Waals surface area contributed by atoms with Crippen LogP contribution in [0, 0.1) is 0 Å². The molecule has 1 aliphatic heterocycles. The topological polar surface area (TPSA) is 65.5 Å². The van der Waals surface area contributed by atoms with Crippen LogP contribution in [0.25, 0.3) is 0 Å². The predicted molar refractivity (Wildman–Crippen MR) is 134 cm³/mol. The zero-order valence-corrected chi connectivity index (χ0v) is 20.2. The Bertz CT molecular complexity index is 1030. The molecule has 1 aromatic heterocycles. The highest BCUT2D eigenvalue weighted by atomic mass is 16.2. The number of amides is 2. The van der Waals surface area contributed by atoms with Crippen molar-refractivity contribution in [1.29, 1.82) is 0 Å². The summed E-state index contributed by atoms with van der Waals surface area (Å²) in [6.07, 6.45) is 10.2. The molecule has 6 heteroatoms. The SMILES string of the molecule is O=C(CCCCN1CCN(C(=O)c2ccccc2)CC1)Nc1c2c(nc3c1CCC3)CCCC2. The van der Waals surface area contributed by atoms with Gasteiger partial charge in [-0.3, -0.25) is 19.5 Å². The maximum Gasteiger partial charge on any atom is 0.253 e. The molecule has 1 saturated heterocycles. The van der Waals surface area contributed by atoms with Crippen LogP contribution in [0.2, 0.25) is 0 Å². The van der Waals surface area contributed by atoms with Crippen molar-refractivity contribution in [1.82, 2.24) is 14.8 Å². The first-order valence-corrected chi connectivity index (χ1v) is 13.1. The van der Waals surface area contributed by atoms with Crippen LogP contribution in [0.4, 0.5) is 5.69 Å². The Balaban J connectivity index is 1.06. The molecule has 2 aromatic rings. The molecule has 1 N–H and O–H groups in total. The van der Waals surface area contributed by atoms with Crippen molar-refractivity contribution in [2.24, 2.45) is 0 Å². The van der Waals surface area contributed by atoms with Gasteiger partial charge in [0.2, 0.25) is 5.91 Å². The van der Waals surface area contributed by atoms with E-state index in [9.17, 15) is 9.59 Å². The normalized spacial score (nSPS) is 17.8. The second kappa shape index (κ2) is 10.7. The Morgan fingerprint density at radius 2 is 1.50 bits per heavy atom. The third kappa shape index (κ3) is 5.17. The second-order valence-electron chi connectivity index (χ2n) is 9.90. The fourth-order valence-corrected chi connectivity index (χ4v) is 5.66. The number of carbonyl (C=O) groups excluding carboxylic acids is 2. The van der Waals surface area contributed by atoms with E-state index in [1.165, 1.54) is 35.4 Å². The van der Waals surface area contributed by atoms with Gasteiger partial charge < -0.3 is 10.2 Å². The minimum atomic E-state index is 0.127. The minimum absolute atomic E-state index is 0.127. The highest BCUT2D eigenvalue weighted by molar-refractivity contribution is 5.94. The van der Waals surface area contributed by atoms with E-state index in [1.807, 2.05) is 35.2 Å². The summed E-state index contributed by atoms with van der Waals surface area (Å²) in [5.74, 6) is 0.271. The molecule has 5 rings (SSSR count). The van der Waals surface area contributed by atoms with Crippen molar-refractivity contribution in [3.8, 4) is 0 Å². The van der Waals surface area contributed by atoms with Crippen LogP contribution in [-0.4, -0.2) is 59.3 Å². The molecule has 0 atom stereocenters. The zero-order chi connectivity index (χ0) is 23.3. The summed E-state index contributed by atoms with van der Waals surface area (Å²) >= 11 is 0. The van der Waals surface area contributed by atoms with E-state index < -0.39 is 0 Å². The van der Waals surface area contributed by atoms with Gasteiger partial charge in [0.1, 0.15) is 0 Å². The van der Waals surface area contributed by atoms with E-state index in [4.69, 9.17) is 4.98 Å². The second-order valence-corrected chi connectivity index (χ2v) is 9.90. The lowest BCUT2D eigenvalue weighted by molar-refractivity contribution is -0.116.